The number of aliphatic hydroxyl groups is 1. The number of carbonyl (C=O) groups is 2. The number of hydrogen-bond acceptors (Lipinski definition) is 4. The Morgan fingerprint density at radius 3 is 2.25 bits per heavy atom. The van der Waals surface area contributed by atoms with Crippen LogP contribution in [0.5, 0.6) is 0 Å². The fourth-order valence-electron chi connectivity index (χ4n) is 1.85. The number of carboxylic acids is 2. The quantitative estimate of drug-likeness (QED) is 0.655. The highest BCUT2D eigenvalue weighted by Crippen LogP contribution is 2.10. The lowest BCUT2D eigenvalue weighted by Crippen LogP contribution is -2.33. The molecule has 0 spiro atoms. The molecule has 0 aliphatic carbocycles. The summed E-state index contributed by atoms with van der Waals surface area (Å²) in [7, 11) is 0. The number of aliphatic hydroxyl groups excluding tert-OH is 1. The van der Waals surface area contributed by atoms with Gasteiger partial charge in [-0.3, -0.25) is 9.69 Å². The van der Waals surface area contributed by atoms with Gasteiger partial charge in [0.15, 0.2) is 0 Å². The average Bonchev–Trinajstić information content (AvgIpc) is 2.39. The second-order valence-electron chi connectivity index (χ2n) is 4.70. The van der Waals surface area contributed by atoms with E-state index in [-0.39, 0.29) is 12.2 Å². The first-order valence-corrected chi connectivity index (χ1v) is 6.32. The third kappa shape index (κ3) is 4.99. The Hall–Kier alpha value is -1.92. The number of hydrogen-bond donors (Lipinski definition) is 3. The number of carboxylic acid groups (broad SMARTS) is 2. The molecule has 0 amide bonds. The summed E-state index contributed by atoms with van der Waals surface area (Å²) in [5.74, 6) is -2.39. The molecule has 0 radical (unpaired) electrons. The first-order valence-electron chi connectivity index (χ1n) is 6.32. The fourth-order valence-corrected chi connectivity index (χ4v) is 1.85. The third-order valence-corrected chi connectivity index (χ3v) is 2.98. The van der Waals surface area contributed by atoms with E-state index in [0.29, 0.717) is 19.6 Å². The molecule has 3 N–H and O–H groups in total. The fraction of sp³-hybridized carbons (Fsp3) is 0.429. The van der Waals surface area contributed by atoms with Gasteiger partial charge in [-0.15, -0.1) is 0 Å². The predicted octanol–water partition coefficient (Wildman–Crippen LogP) is 0.900. The number of nitrogens with zero attached hydrogens (tertiary/aromatic N) is 1. The molecule has 0 saturated carbocycles. The Kier molecular flexibility index (Phi) is 6.14. The van der Waals surface area contributed by atoms with E-state index in [2.05, 4.69) is 0 Å². The second kappa shape index (κ2) is 7.62. The van der Waals surface area contributed by atoms with Gasteiger partial charge >= 0.3 is 11.9 Å². The lowest BCUT2D eigenvalue weighted by molar-refractivity contribution is -0.141. The summed E-state index contributed by atoms with van der Waals surface area (Å²) in [6, 6.07) is 6.41. The molecule has 1 aromatic rings. The van der Waals surface area contributed by atoms with Gasteiger partial charge in [0.25, 0.3) is 0 Å². The Morgan fingerprint density at radius 2 is 1.80 bits per heavy atom. The van der Waals surface area contributed by atoms with Crippen LogP contribution in [0.1, 0.15) is 22.8 Å². The van der Waals surface area contributed by atoms with Crippen molar-refractivity contribution in [1.82, 2.24) is 4.90 Å². The van der Waals surface area contributed by atoms with Crippen LogP contribution in [-0.4, -0.2) is 51.9 Å². The third-order valence-electron chi connectivity index (χ3n) is 2.98. The summed E-state index contributed by atoms with van der Waals surface area (Å²) in [6.07, 6.45) is 0. The molecule has 1 rings (SSSR count). The molecule has 110 valence electrons. The van der Waals surface area contributed by atoms with Crippen LogP contribution in [0.25, 0.3) is 0 Å². The maximum absolute atomic E-state index is 10.9. The van der Waals surface area contributed by atoms with Crippen molar-refractivity contribution < 1.29 is 24.9 Å². The van der Waals surface area contributed by atoms with Gasteiger partial charge in [-0.1, -0.05) is 19.1 Å². The summed E-state index contributed by atoms with van der Waals surface area (Å²) in [6.45, 7) is 2.73. The van der Waals surface area contributed by atoms with Gasteiger partial charge < -0.3 is 15.3 Å². The Morgan fingerprint density at radius 1 is 1.20 bits per heavy atom. The normalized spacial score (nSPS) is 12.3. The van der Waals surface area contributed by atoms with Crippen molar-refractivity contribution in [2.75, 3.05) is 19.7 Å². The molecule has 1 aromatic carbocycles. The van der Waals surface area contributed by atoms with E-state index in [4.69, 9.17) is 15.3 Å². The van der Waals surface area contributed by atoms with Gasteiger partial charge in [0.1, 0.15) is 0 Å². The molecule has 0 saturated heterocycles. The van der Waals surface area contributed by atoms with Crippen LogP contribution in [0.2, 0.25) is 0 Å². The van der Waals surface area contributed by atoms with Gasteiger partial charge in [-0.05, 0) is 17.7 Å². The minimum atomic E-state index is -0.983. The average molecular weight is 281 g/mol. The van der Waals surface area contributed by atoms with Crippen LogP contribution in [0.4, 0.5) is 0 Å². The molecule has 0 fully saturated rings. The first kappa shape index (κ1) is 16.1. The zero-order valence-electron chi connectivity index (χ0n) is 11.3. The monoisotopic (exact) mass is 281 g/mol. The second-order valence-corrected chi connectivity index (χ2v) is 4.70. The van der Waals surface area contributed by atoms with E-state index in [1.54, 1.807) is 19.1 Å². The largest absolute Gasteiger partial charge is 0.481 e. The summed E-state index contributed by atoms with van der Waals surface area (Å²) in [5.41, 5.74) is 1.09. The van der Waals surface area contributed by atoms with Crippen molar-refractivity contribution in [2.45, 2.75) is 13.5 Å². The lowest BCUT2D eigenvalue weighted by atomic mass is 10.1. The number of rotatable bonds is 8. The SMILES string of the molecule is CC(CN(CCO)Cc1ccc(C(=O)O)cc1)C(=O)O. The van der Waals surface area contributed by atoms with Crippen molar-refractivity contribution in [1.29, 1.82) is 0 Å². The predicted molar refractivity (Wildman–Crippen MR) is 72.6 cm³/mol. The molecular formula is C14H19NO5. The Bertz CT molecular complexity index is 457. The van der Waals surface area contributed by atoms with Crippen LogP contribution >= 0.6 is 0 Å². The van der Waals surface area contributed by atoms with Crippen molar-refractivity contribution in [3.63, 3.8) is 0 Å². The van der Waals surface area contributed by atoms with Gasteiger partial charge in [0.2, 0.25) is 0 Å². The Labute approximate surface area is 117 Å². The van der Waals surface area contributed by atoms with E-state index in [9.17, 15) is 9.59 Å². The lowest BCUT2D eigenvalue weighted by Gasteiger charge is -2.23. The molecule has 20 heavy (non-hydrogen) atoms. The summed E-state index contributed by atoms with van der Waals surface area (Å²) in [5, 5.41) is 26.7. The zero-order chi connectivity index (χ0) is 15.1. The van der Waals surface area contributed by atoms with Gasteiger partial charge in [-0.25, -0.2) is 4.79 Å². The molecule has 6 heteroatoms. The van der Waals surface area contributed by atoms with Crippen LogP contribution in [-0.2, 0) is 11.3 Å². The maximum Gasteiger partial charge on any atom is 0.335 e. The van der Waals surface area contributed by atoms with Crippen LogP contribution < -0.4 is 0 Å². The molecular weight excluding hydrogens is 262 g/mol. The molecule has 0 aromatic heterocycles. The molecule has 1 atom stereocenters. The van der Waals surface area contributed by atoms with Crippen LogP contribution in [0, 0.1) is 5.92 Å². The number of aliphatic carboxylic acids is 1. The minimum Gasteiger partial charge on any atom is -0.481 e. The van der Waals surface area contributed by atoms with E-state index >= 15 is 0 Å². The zero-order valence-corrected chi connectivity index (χ0v) is 11.3. The van der Waals surface area contributed by atoms with Crippen molar-refractivity contribution in [3.05, 3.63) is 35.4 Å². The molecule has 1 unspecified atom stereocenters. The molecule has 6 nitrogen and oxygen atoms in total. The van der Waals surface area contributed by atoms with E-state index in [1.807, 2.05) is 4.90 Å². The number of aromatic carboxylic acids is 1. The highest BCUT2D eigenvalue weighted by molar-refractivity contribution is 5.87. The van der Waals surface area contributed by atoms with Gasteiger partial charge in [-0.2, -0.15) is 0 Å². The van der Waals surface area contributed by atoms with Crippen molar-refractivity contribution in [2.24, 2.45) is 5.92 Å². The maximum atomic E-state index is 10.9. The van der Waals surface area contributed by atoms with Crippen LogP contribution in [0.3, 0.4) is 0 Å². The van der Waals surface area contributed by atoms with Crippen LogP contribution in [0.15, 0.2) is 24.3 Å². The summed E-state index contributed by atoms with van der Waals surface area (Å²) in [4.78, 5) is 23.4. The Balaban J connectivity index is 2.69. The van der Waals surface area contributed by atoms with Crippen molar-refractivity contribution >= 4 is 11.9 Å². The molecule has 0 bridgehead atoms. The molecule has 0 aliphatic heterocycles. The first-order chi connectivity index (χ1) is 9.43. The number of benzene rings is 1. The van der Waals surface area contributed by atoms with E-state index in [0.717, 1.165) is 5.56 Å². The smallest absolute Gasteiger partial charge is 0.335 e. The van der Waals surface area contributed by atoms with E-state index in [1.165, 1.54) is 12.1 Å². The summed E-state index contributed by atoms with van der Waals surface area (Å²) < 4.78 is 0. The highest BCUT2D eigenvalue weighted by atomic mass is 16.4. The van der Waals surface area contributed by atoms with Gasteiger partial charge in [0, 0.05) is 19.6 Å². The topological polar surface area (TPSA) is 98.1 Å². The minimum absolute atomic E-state index is 0.0560. The molecule has 0 heterocycles. The standard InChI is InChI=1S/C14H19NO5/c1-10(13(17)18)8-15(6-7-16)9-11-2-4-12(5-3-11)14(19)20/h2-5,10,16H,6-9H2,1H3,(H,17,18)(H,19,20). The van der Waals surface area contributed by atoms with Crippen molar-refractivity contribution in [3.8, 4) is 0 Å². The molecule has 0 aliphatic rings. The van der Waals surface area contributed by atoms with Gasteiger partial charge in [0.05, 0.1) is 18.1 Å². The summed E-state index contributed by atoms with van der Waals surface area (Å²) >= 11 is 0. The van der Waals surface area contributed by atoms with E-state index < -0.39 is 17.9 Å². The highest BCUT2D eigenvalue weighted by Gasteiger charge is 2.16.